The van der Waals surface area contributed by atoms with Gasteiger partial charge in [0.05, 0.1) is 4.88 Å². The molecule has 6 heteroatoms. The number of benzene rings is 1. The van der Waals surface area contributed by atoms with Gasteiger partial charge in [0.2, 0.25) is 0 Å². The summed E-state index contributed by atoms with van der Waals surface area (Å²) in [6.07, 6.45) is 3.30. The van der Waals surface area contributed by atoms with E-state index in [-0.39, 0.29) is 12.0 Å². The molecule has 0 aliphatic carbocycles. The van der Waals surface area contributed by atoms with E-state index in [0.29, 0.717) is 13.1 Å². The van der Waals surface area contributed by atoms with Gasteiger partial charge in [-0.15, -0.1) is 11.3 Å². The lowest BCUT2D eigenvalue weighted by Gasteiger charge is -2.21. The Kier molecular flexibility index (Phi) is 7.50. The van der Waals surface area contributed by atoms with Gasteiger partial charge in [-0.3, -0.25) is 4.79 Å². The monoisotopic (exact) mass is 393 g/mol. The predicted molar refractivity (Wildman–Crippen MR) is 106 cm³/mol. The second kappa shape index (κ2) is 10.1. The van der Waals surface area contributed by atoms with Crippen LogP contribution < -0.4 is 10.2 Å². The van der Waals surface area contributed by atoms with Gasteiger partial charge in [0.25, 0.3) is 5.91 Å². The molecular weight excluding hydrogens is 368 g/mol. The van der Waals surface area contributed by atoms with Crippen molar-refractivity contribution in [2.75, 3.05) is 26.2 Å². The number of ether oxygens (including phenoxy) is 1. The van der Waals surface area contributed by atoms with E-state index in [1.165, 1.54) is 9.78 Å². The second-order valence-corrected chi connectivity index (χ2v) is 8.22. The van der Waals surface area contributed by atoms with Crippen LogP contribution in [0.3, 0.4) is 0 Å². The molecule has 1 fully saturated rings. The molecule has 4 nitrogen and oxygen atoms in total. The van der Waals surface area contributed by atoms with Gasteiger partial charge in [0.15, 0.2) is 6.54 Å². The molecule has 2 heterocycles. The zero-order chi connectivity index (χ0) is 18.2. The maximum atomic E-state index is 12.4. The quantitative estimate of drug-likeness (QED) is 0.686. The maximum absolute atomic E-state index is 12.4. The first-order valence-electron chi connectivity index (χ1n) is 9.18. The first-order chi connectivity index (χ1) is 12.7. The minimum absolute atomic E-state index is 0.0941. The molecule has 26 heavy (non-hydrogen) atoms. The molecule has 2 atom stereocenters. The molecule has 1 aromatic carbocycles. The number of carbonyl (C=O) groups excluding carboxylic acids is 1. The number of rotatable bonds is 9. The molecule has 0 bridgehead atoms. The molecule has 1 saturated heterocycles. The molecule has 1 amide bonds. The first kappa shape index (κ1) is 19.4. The summed E-state index contributed by atoms with van der Waals surface area (Å²) in [6, 6.07) is 12.0. The molecule has 2 aromatic rings. The summed E-state index contributed by atoms with van der Waals surface area (Å²) in [4.78, 5) is 15.0. The molecule has 1 unspecified atom stereocenters. The summed E-state index contributed by atoms with van der Waals surface area (Å²) >= 11 is 7.75. The highest BCUT2D eigenvalue weighted by atomic mass is 35.5. The average Bonchev–Trinajstić information content (AvgIpc) is 3.29. The second-order valence-electron chi connectivity index (χ2n) is 6.75. The molecule has 3 rings (SSSR count). The summed E-state index contributed by atoms with van der Waals surface area (Å²) in [6.45, 7) is 3.72. The summed E-state index contributed by atoms with van der Waals surface area (Å²) < 4.78 is 5.77. The SMILES string of the molecule is O=C(C[NH+](Cc1cccs1)C[C@H]1CCCO1)NCCc1cccc(Cl)c1. The minimum Gasteiger partial charge on any atom is -0.372 e. The van der Waals surface area contributed by atoms with Gasteiger partial charge in [-0.2, -0.15) is 0 Å². The summed E-state index contributed by atoms with van der Waals surface area (Å²) in [5.41, 5.74) is 1.14. The standard InChI is InChI=1S/C20H25ClN2O2S/c21-17-5-1-4-16(12-17)8-9-22-20(24)15-23(13-18-6-2-10-25-18)14-19-7-3-11-26-19/h1,3-5,7,11-12,18H,2,6,8-10,13-15H2,(H,22,24)/p+1/t18-/m1/s1. The van der Waals surface area contributed by atoms with Crippen molar-refractivity contribution < 1.29 is 14.4 Å². The number of thiophene rings is 1. The molecule has 140 valence electrons. The molecule has 1 aromatic heterocycles. The smallest absolute Gasteiger partial charge is 0.275 e. The Morgan fingerprint density at radius 2 is 2.27 bits per heavy atom. The van der Waals surface area contributed by atoms with Crippen molar-refractivity contribution in [2.24, 2.45) is 0 Å². The molecule has 2 N–H and O–H groups in total. The summed E-state index contributed by atoms with van der Waals surface area (Å²) in [5, 5.41) is 5.87. The van der Waals surface area contributed by atoms with Crippen molar-refractivity contribution in [2.45, 2.75) is 31.9 Å². The van der Waals surface area contributed by atoms with Crippen LogP contribution in [0.1, 0.15) is 23.3 Å². The fourth-order valence-electron chi connectivity index (χ4n) is 3.32. The van der Waals surface area contributed by atoms with Crippen LogP contribution in [0, 0.1) is 0 Å². The van der Waals surface area contributed by atoms with Crippen LogP contribution >= 0.6 is 22.9 Å². The van der Waals surface area contributed by atoms with E-state index < -0.39 is 0 Å². The minimum atomic E-state index is 0.0941. The van der Waals surface area contributed by atoms with E-state index in [1.54, 1.807) is 11.3 Å². The first-order valence-corrected chi connectivity index (χ1v) is 10.4. The Balaban J connectivity index is 1.47. The summed E-state index contributed by atoms with van der Waals surface area (Å²) in [5.74, 6) is 0.0941. The average molecular weight is 394 g/mol. The van der Waals surface area contributed by atoms with Crippen LogP contribution in [0.4, 0.5) is 0 Å². The number of carbonyl (C=O) groups is 1. The Morgan fingerprint density at radius 1 is 1.35 bits per heavy atom. The van der Waals surface area contributed by atoms with Crippen LogP contribution in [-0.2, 0) is 22.5 Å². The lowest BCUT2D eigenvalue weighted by Crippen LogP contribution is -3.13. The molecule has 0 saturated carbocycles. The lowest BCUT2D eigenvalue weighted by molar-refractivity contribution is -0.908. The highest BCUT2D eigenvalue weighted by Crippen LogP contribution is 2.11. The maximum Gasteiger partial charge on any atom is 0.275 e. The molecular formula is C20H26ClN2O2S+. The predicted octanol–water partition coefficient (Wildman–Crippen LogP) is 2.32. The number of amides is 1. The topological polar surface area (TPSA) is 42.8 Å². The van der Waals surface area contributed by atoms with Crippen molar-refractivity contribution in [3.63, 3.8) is 0 Å². The normalized spacial score (nSPS) is 18.0. The zero-order valence-corrected chi connectivity index (χ0v) is 16.5. The fourth-order valence-corrected chi connectivity index (χ4v) is 4.31. The van der Waals surface area contributed by atoms with Gasteiger partial charge < -0.3 is 15.0 Å². The molecule has 1 aliphatic rings. The zero-order valence-electron chi connectivity index (χ0n) is 14.9. The van der Waals surface area contributed by atoms with E-state index in [0.717, 1.165) is 49.5 Å². The largest absolute Gasteiger partial charge is 0.372 e. The third-order valence-electron chi connectivity index (χ3n) is 4.58. The number of halogens is 1. The Bertz CT molecular complexity index is 687. The van der Waals surface area contributed by atoms with E-state index in [2.05, 4.69) is 22.8 Å². The van der Waals surface area contributed by atoms with Crippen molar-refractivity contribution in [1.29, 1.82) is 0 Å². The van der Waals surface area contributed by atoms with Gasteiger partial charge in [-0.1, -0.05) is 29.8 Å². The van der Waals surface area contributed by atoms with Crippen molar-refractivity contribution in [1.82, 2.24) is 5.32 Å². The van der Waals surface area contributed by atoms with Gasteiger partial charge in [0.1, 0.15) is 19.2 Å². The third-order valence-corrected chi connectivity index (χ3v) is 5.69. The van der Waals surface area contributed by atoms with E-state index in [9.17, 15) is 4.79 Å². The van der Waals surface area contributed by atoms with Crippen molar-refractivity contribution >= 4 is 28.8 Å². The number of nitrogens with one attached hydrogen (secondary N) is 2. The highest BCUT2D eigenvalue weighted by Gasteiger charge is 2.24. The number of quaternary nitrogens is 1. The van der Waals surface area contributed by atoms with Gasteiger partial charge >= 0.3 is 0 Å². The molecule has 0 radical (unpaired) electrons. The van der Waals surface area contributed by atoms with Gasteiger partial charge in [-0.25, -0.2) is 0 Å². The van der Waals surface area contributed by atoms with Gasteiger partial charge in [0, 0.05) is 18.2 Å². The Hall–Kier alpha value is -1.40. The third kappa shape index (κ3) is 6.40. The van der Waals surface area contributed by atoms with Crippen LogP contribution in [0.25, 0.3) is 0 Å². The highest BCUT2D eigenvalue weighted by molar-refractivity contribution is 7.09. The van der Waals surface area contributed by atoms with Gasteiger partial charge in [-0.05, 0) is 48.4 Å². The fraction of sp³-hybridized carbons (Fsp3) is 0.450. The number of hydrogen-bond acceptors (Lipinski definition) is 3. The molecule has 1 aliphatic heterocycles. The van der Waals surface area contributed by atoms with E-state index >= 15 is 0 Å². The molecule has 0 spiro atoms. The van der Waals surface area contributed by atoms with Crippen LogP contribution in [0.5, 0.6) is 0 Å². The lowest BCUT2D eigenvalue weighted by atomic mass is 10.1. The van der Waals surface area contributed by atoms with Crippen LogP contribution in [0.2, 0.25) is 5.02 Å². The number of hydrogen-bond donors (Lipinski definition) is 2. The van der Waals surface area contributed by atoms with Crippen molar-refractivity contribution in [3.05, 3.63) is 57.2 Å². The van der Waals surface area contributed by atoms with E-state index in [4.69, 9.17) is 16.3 Å². The summed E-state index contributed by atoms with van der Waals surface area (Å²) in [7, 11) is 0. The van der Waals surface area contributed by atoms with Crippen LogP contribution in [0.15, 0.2) is 41.8 Å². The Labute approximate surface area is 164 Å². The van der Waals surface area contributed by atoms with Crippen LogP contribution in [-0.4, -0.2) is 38.3 Å². The van der Waals surface area contributed by atoms with E-state index in [1.807, 2.05) is 24.3 Å². The Morgan fingerprint density at radius 3 is 3.00 bits per heavy atom. The van der Waals surface area contributed by atoms with Crippen molar-refractivity contribution in [3.8, 4) is 0 Å².